The van der Waals surface area contributed by atoms with Crippen LogP contribution in [-0.2, 0) is 17.1 Å². The van der Waals surface area contributed by atoms with E-state index in [4.69, 9.17) is 0 Å². The number of hydrogen-bond acceptors (Lipinski definition) is 3. The first-order chi connectivity index (χ1) is 11.9. The molecule has 0 amide bonds. The number of rotatable bonds is 5. The molecular formula is C19H21N3O2S. The van der Waals surface area contributed by atoms with Gasteiger partial charge in [0.1, 0.15) is 11.9 Å². The third-order valence-corrected chi connectivity index (χ3v) is 5.73. The summed E-state index contributed by atoms with van der Waals surface area (Å²) in [6.07, 6.45) is 3.46. The summed E-state index contributed by atoms with van der Waals surface area (Å²) in [6, 6.07) is 14.0. The van der Waals surface area contributed by atoms with Crippen molar-refractivity contribution >= 4 is 10.0 Å². The molecule has 25 heavy (non-hydrogen) atoms. The Bertz CT molecular complexity index is 979. The SMILES string of the molecule is Cc1ccc(S(=O)(=O)N[C@H](c2ccccc2)c2nccn2C)cc1C. The van der Waals surface area contributed by atoms with Gasteiger partial charge in [-0.05, 0) is 42.7 Å². The molecule has 1 N–H and O–H groups in total. The van der Waals surface area contributed by atoms with Crippen molar-refractivity contribution in [1.29, 1.82) is 0 Å². The fourth-order valence-corrected chi connectivity index (χ4v) is 3.94. The van der Waals surface area contributed by atoms with Crippen molar-refractivity contribution in [3.05, 3.63) is 83.4 Å². The van der Waals surface area contributed by atoms with Crippen LogP contribution < -0.4 is 4.72 Å². The number of sulfonamides is 1. The van der Waals surface area contributed by atoms with Gasteiger partial charge in [-0.25, -0.2) is 13.4 Å². The molecule has 0 saturated heterocycles. The van der Waals surface area contributed by atoms with Gasteiger partial charge in [-0.3, -0.25) is 0 Å². The van der Waals surface area contributed by atoms with Gasteiger partial charge in [0.2, 0.25) is 10.0 Å². The molecule has 6 heteroatoms. The Hall–Kier alpha value is -2.44. The van der Waals surface area contributed by atoms with Gasteiger partial charge in [-0.15, -0.1) is 0 Å². The molecule has 0 aliphatic heterocycles. The summed E-state index contributed by atoms with van der Waals surface area (Å²) >= 11 is 0. The molecule has 1 atom stereocenters. The molecule has 130 valence electrons. The van der Waals surface area contributed by atoms with E-state index in [9.17, 15) is 8.42 Å². The lowest BCUT2D eigenvalue weighted by molar-refractivity contribution is 0.562. The number of nitrogens with zero attached hydrogens (tertiary/aromatic N) is 2. The fraction of sp³-hybridized carbons (Fsp3) is 0.211. The molecule has 0 radical (unpaired) electrons. The lowest BCUT2D eigenvalue weighted by atomic mass is 10.1. The van der Waals surface area contributed by atoms with Crippen LogP contribution in [0.1, 0.15) is 28.6 Å². The van der Waals surface area contributed by atoms with Gasteiger partial charge in [0.25, 0.3) is 0 Å². The Morgan fingerprint density at radius 3 is 2.36 bits per heavy atom. The maximum absolute atomic E-state index is 12.9. The molecule has 0 aliphatic carbocycles. The first kappa shape index (κ1) is 17.4. The number of benzene rings is 2. The van der Waals surface area contributed by atoms with E-state index in [-0.39, 0.29) is 4.90 Å². The molecule has 0 bridgehead atoms. The second-order valence-corrected chi connectivity index (χ2v) is 7.82. The van der Waals surface area contributed by atoms with E-state index >= 15 is 0 Å². The summed E-state index contributed by atoms with van der Waals surface area (Å²) in [5.41, 5.74) is 2.84. The summed E-state index contributed by atoms with van der Waals surface area (Å²) < 4.78 is 30.5. The molecule has 1 heterocycles. The van der Waals surface area contributed by atoms with Crippen LogP contribution >= 0.6 is 0 Å². The van der Waals surface area contributed by atoms with Crippen LogP contribution in [0.15, 0.2) is 65.8 Å². The zero-order valence-corrected chi connectivity index (χ0v) is 15.3. The molecule has 0 aliphatic rings. The van der Waals surface area contributed by atoms with Crippen molar-refractivity contribution in [1.82, 2.24) is 14.3 Å². The zero-order chi connectivity index (χ0) is 18.0. The predicted octanol–water partition coefficient (Wildman–Crippen LogP) is 3.10. The Labute approximate surface area is 148 Å². The summed E-state index contributed by atoms with van der Waals surface area (Å²) in [5, 5.41) is 0. The van der Waals surface area contributed by atoms with E-state index in [1.807, 2.05) is 61.9 Å². The smallest absolute Gasteiger partial charge is 0.241 e. The van der Waals surface area contributed by atoms with Crippen LogP contribution in [0.3, 0.4) is 0 Å². The maximum Gasteiger partial charge on any atom is 0.241 e. The van der Waals surface area contributed by atoms with Gasteiger partial charge < -0.3 is 4.57 Å². The van der Waals surface area contributed by atoms with Crippen LogP contribution in [0.5, 0.6) is 0 Å². The topological polar surface area (TPSA) is 64.0 Å². The Morgan fingerprint density at radius 2 is 1.76 bits per heavy atom. The summed E-state index contributed by atoms with van der Waals surface area (Å²) in [5.74, 6) is 0.638. The number of hydrogen-bond donors (Lipinski definition) is 1. The first-order valence-corrected chi connectivity index (χ1v) is 9.48. The summed E-state index contributed by atoms with van der Waals surface area (Å²) in [7, 11) is -1.84. The Kier molecular flexibility index (Phi) is 4.74. The van der Waals surface area contributed by atoms with Gasteiger partial charge in [-0.2, -0.15) is 4.72 Å². The highest BCUT2D eigenvalue weighted by Gasteiger charge is 2.25. The first-order valence-electron chi connectivity index (χ1n) is 8.00. The van der Waals surface area contributed by atoms with Crippen LogP contribution in [0, 0.1) is 13.8 Å². The minimum atomic E-state index is -3.69. The van der Waals surface area contributed by atoms with E-state index in [2.05, 4.69) is 9.71 Å². The number of aromatic nitrogens is 2. The van der Waals surface area contributed by atoms with Crippen LogP contribution in [-0.4, -0.2) is 18.0 Å². The van der Waals surface area contributed by atoms with E-state index in [0.717, 1.165) is 16.7 Å². The van der Waals surface area contributed by atoms with Crippen molar-refractivity contribution in [2.75, 3.05) is 0 Å². The van der Waals surface area contributed by atoms with Gasteiger partial charge >= 0.3 is 0 Å². The third-order valence-electron chi connectivity index (χ3n) is 4.31. The van der Waals surface area contributed by atoms with Crippen LogP contribution in [0.25, 0.3) is 0 Å². The molecule has 1 aromatic heterocycles. The van der Waals surface area contributed by atoms with Crippen LogP contribution in [0.2, 0.25) is 0 Å². The van der Waals surface area contributed by atoms with Crippen molar-refractivity contribution in [2.45, 2.75) is 24.8 Å². The molecule has 3 aromatic rings. The van der Waals surface area contributed by atoms with Crippen molar-refractivity contribution in [3.8, 4) is 0 Å². The third kappa shape index (κ3) is 3.65. The Morgan fingerprint density at radius 1 is 1.04 bits per heavy atom. The monoisotopic (exact) mass is 355 g/mol. The Balaban J connectivity index is 2.03. The number of aryl methyl sites for hydroxylation is 3. The van der Waals surface area contributed by atoms with Gasteiger partial charge in [0.15, 0.2) is 0 Å². The molecule has 0 unspecified atom stereocenters. The molecule has 3 rings (SSSR count). The largest absolute Gasteiger partial charge is 0.336 e. The predicted molar refractivity (Wildman–Crippen MR) is 97.7 cm³/mol. The van der Waals surface area contributed by atoms with Gasteiger partial charge in [0.05, 0.1) is 4.90 Å². The number of imidazole rings is 1. The molecule has 0 spiro atoms. The van der Waals surface area contributed by atoms with Gasteiger partial charge in [0, 0.05) is 19.4 Å². The minimum Gasteiger partial charge on any atom is -0.336 e. The van der Waals surface area contributed by atoms with Crippen LogP contribution in [0.4, 0.5) is 0 Å². The van der Waals surface area contributed by atoms with Gasteiger partial charge in [-0.1, -0.05) is 36.4 Å². The average Bonchev–Trinajstić information content (AvgIpc) is 3.02. The van der Waals surface area contributed by atoms with Crippen molar-refractivity contribution < 1.29 is 8.42 Å². The summed E-state index contributed by atoms with van der Waals surface area (Å²) in [6.45, 7) is 3.86. The normalized spacial score (nSPS) is 12.9. The quantitative estimate of drug-likeness (QED) is 0.765. The zero-order valence-electron chi connectivity index (χ0n) is 14.5. The highest BCUT2D eigenvalue weighted by atomic mass is 32.2. The molecule has 0 fully saturated rings. The highest BCUT2D eigenvalue weighted by molar-refractivity contribution is 7.89. The van der Waals surface area contributed by atoms with Crippen molar-refractivity contribution in [3.63, 3.8) is 0 Å². The second kappa shape index (κ2) is 6.82. The van der Waals surface area contributed by atoms with Crippen molar-refractivity contribution in [2.24, 2.45) is 7.05 Å². The van der Waals surface area contributed by atoms with E-state index in [1.54, 1.807) is 24.5 Å². The minimum absolute atomic E-state index is 0.255. The molecule has 2 aromatic carbocycles. The standard InChI is InChI=1S/C19H21N3O2S/c1-14-9-10-17(13-15(14)2)25(23,24)21-18(16-7-5-4-6-8-16)19-20-11-12-22(19)3/h4-13,18,21H,1-3H3/t18-/m1/s1. The van der Waals surface area contributed by atoms with E-state index in [1.165, 1.54) is 0 Å². The highest BCUT2D eigenvalue weighted by Crippen LogP contribution is 2.24. The lowest BCUT2D eigenvalue weighted by Crippen LogP contribution is -2.31. The summed E-state index contributed by atoms with van der Waals surface area (Å²) in [4.78, 5) is 4.59. The molecule has 5 nitrogen and oxygen atoms in total. The lowest BCUT2D eigenvalue weighted by Gasteiger charge is -2.19. The molecular weight excluding hydrogens is 334 g/mol. The van der Waals surface area contributed by atoms with E-state index < -0.39 is 16.1 Å². The molecule has 0 saturated carbocycles. The average molecular weight is 355 g/mol. The van der Waals surface area contributed by atoms with E-state index in [0.29, 0.717) is 5.82 Å². The second-order valence-electron chi connectivity index (χ2n) is 6.11. The fourth-order valence-electron chi connectivity index (χ4n) is 2.67. The maximum atomic E-state index is 12.9. The number of nitrogens with one attached hydrogen (secondary N) is 1.